The first-order valence-corrected chi connectivity index (χ1v) is 9.60. The van der Waals surface area contributed by atoms with Crippen molar-refractivity contribution in [3.8, 4) is 0 Å². The van der Waals surface area contributed by atoms with E-state index in [2.05, 4.69) is 39.2 Å². The molecule has 0 spiro atoms. The van der Waals surface area contributed by atoms with Crippen LogP contribution in [-0.2, 0) is 0 Å². The number of aromatic nitrogens is 3. The third kappa shape index (κ3) is 2.74. The van der Waals surface area contributed by atoms with Crippen LogP contribution in [0.5, 0.6) is 0 Å². The Kier molecular flexibility index (Phi) is 3.89. The van der Waals surface area contributed by atoms with E-state index in [1.54, 1.807) is 0 Å². The van der Waals surface area contributed by atoms with Gasteiger partial charge in [0.15, 0.2) is 0 Å². The van der Waals surface area contributed by atoms with Gasteiger partial charge in [-0.2, -0.15) is 0 Å². The number of hydrogen-bond acceptors (Lipinski definition) is 4. The Morgan fingerprint density at radius 3 is 2.46 bits per heavy atom. The van der Waals surface area contributed by atoms with Gasteiger partial charge in [-0.25, -0.2) is 9.78 Å². The first kappa shape index (κ1) is 16.9. The number of amides is 1. The van der Waals surface area contributed by atoms with E-state index in [0.717, 1.165) is 25.7 Å². The minimum atomic E-state index is -0.606. The molecule has 7 heteroatoms. The molecule has 28 heavy (non-hydrogen) atoms. The lowest BCUT2D eigenvalue weighted by Gasteiger charge is -2.39. The number of fused-ring (bicyclic) bond motifs is 3. The summed E-state index contributed by atoms with van der Waals surface area (Å²) < 4.78 is 0. The number of rotatable bonds is 2. The molecule has 1 amide bonds. The van der Waals surface area contributed by atoms with Gasteiger partial charge >= 0.3 is 5.69 Å². The summed E-state index contributed by atoms with van der Waals surface area (Å²) in [6, 6.07) is 12.4. The Hall–Kier alpha value is -3.22. The molecule has 2 N–H and O–H groups in total. The lowest BCUT2D eigenvalue weighted by molar-refractivity contribution is 0.0571. The fourth-order valence-electron chi connectivity index (χ4n) is 4.82. The highest BCUT2D eigenvalue weighted by Gasteiger charge is 2.43. The SMILES string of the molecule is O=C(c1cnc2[nH]c(=O)[nH]c(=O)c2c1)N1[C@@H]2CC[C@H]1CC(c1ccccc1)C2. The Labute approximate surface area is 160 Å². The quantitative estimate of drug-likeness (QED) is 0.716. The molecule has 1 unspecified atom stereocenters. The van der Waals surface area contributed by atoms with Crippen molar-refractivity contribution in [1.29, 1.82) is 0 Å². The van der Waals surface area contributed by atoms with Crippen molar-refractivity contribution in [2.75, 3.05) is 0 Å². The van der Waals surface area contributed by atoms with Gasteiger partial charge < -0.3 is 4.90 Å². The normalized spacial score (nSPS) is 23.9. The van der Waals surface area contributed by atoms with Crippen molar-refractivity contribution in [3.63, 3.8) is 0 Å². The Balaban J connectivity index is 1.44. The molecule has 0 aliphatic carbocycles. The molecule has 2 bridgehead atoms. The van der Waals surface area contributed by atoms with Gasteiger partial charge in [-0.1, -0.05) is 30.3 Å². The maximum atomic E-state index is 13.2. The molecule has 2 saturated heterocycles. The summed E-state index contributed by atoms with van der Waals surface area (Å²) in [6.07, 6.45) is 5.38. The van der Waals surface area contributed by atoms with E-state index in [0.29, 0.717) is 11.5 Å². The van der Waals surface area contributed by atoms with Crippen molar-refractivity contribution >= 4 is 16.9 Å². The molecule has 4 heterocycles. The highest BCUT2D eigenvalue weighted by molar-refractivity contribution is 5.97. The standard InChI is InChI=1S/C21H20N4O3/c26-19-17-10-14(11-22-18(17)23-21(28)24-19)20(27)25-15-6-7-16(25)9-13(8-15)12-4-2-1-3-5-12/h1-5,10-11,13,15-16H,6-9H2,(H2,22,23,24,26,28)/t13?,15-,16+. The Bertz CT molecular complexity index is 1150. The van der Waals surface area contributed by atoms with Gasteiger partial charge in [-0.15, -0.1) is 0 Å². The average molecular weight is 376 g/mol. The summed E-state index contributed by atoms with van der Waals surface area (Å²) >= 11 is 0. The highest BCUT2D eigenvalue weighted by atomic mass is 16.2. The molecule has 3 aromatic rings. The molecule has 0 radical (unpaired) electrons. The highest BCUT2D eigenvalue weighted by Crippen LogP contribution is 2.43. The molecule has 2 fully saturated rings. The first-order chi connectivity index (χ1) is 13.6. The number of H-pyrrole nitrogens is 2. The van der Waals surface area contributed by atoms with Crippen LogP contribution in [0.25, 0.3) is 11.0 Å². The topological polar surface area (TPSA) is 98.9 Å². The minimum Gasteiger partial charge on any atom is -0.333 e. The number of carbonyl (C=O) groups excluding carboxylic acids is 1. The van der Waals surface area contributed by atoms with Gasteiger partial charge in [-0.05, 0) is 43.2 Å². The van der Waals surface area contributed by atoms with Crippen LogP contribution in [0.4, 0.5) is 0 Å². The van der Waals surface area contributed by atoms with E-state index in [-0.39, 0.29) is 29.0 Å². The minimum absolute atomic E-state index is 0.0842. The van der Waals surface area contributed by atoms with Crippen LogP contribution in [0.1, 0.15) is 47.5 Å². The van der Waals surface area contributed by atoms with Gasteiger partial charge in [0.05, 0.1) is 10.9 Å². The number of nitrogens with one attached hydrogen (secondary N) is 2. The molecular formula is C21H20N4O3. The second-order valence-corrected chi connectivity index (χ2v) is 7.70. The van der Waals surface area contributed by atoms with Gasteiger partial charge in [0.2, 0.25) is 0 Å². The summed E-state index contributed by atoms with van der Waals surface area (Å²) in [5, 5.41) is 0.219. The number of benzene rings is 1. The maximum Gasteiger partial charge on any atom is 0.327 e. The van der Waals surface area contributed by atoms with Crippen LogP contribution < -0.4 is 11.2 Å². The number of carbonyl (C=O) groups is 1. The zero-order valence-electron chi connectivity index (χ0n) is 15.2. The predicted octanol–water partition coefficient (Wildman–Crippen LogP) is 2.16. The molecule has 142 valence electrons. The van der Waals surface area contributed by atoms with Crippen molar-refractivity contribution in [2.24, 2.45) is 0 Å². The van der Waals surface area contributed by atoms with Gasteiger partial charge in [-0.3, -0.25) is 19.6 Å². The summed E-state index contributed by atoms with van der Waals surface area (Å²) in [5.41, 5.74) is 0.780. The lowest BCUT2D eigenvalue weighted by atomic mass is 9.85. The third-order valence-corrected chi connectivity index (χ3v) is 6.08. The van der Waals surface area contributed by atoms with Crippen LogP contribution >= 0.6 is 0 Å². The third-order valence-electron chi connectivity index (χ3n) is 6.08. The van der Waals surface area contributed by atoms with E-state index in [1.165, 1.54) is 17.8 Å². The largest absolute Gasteiger partial charge is 0.333 e. The van der Waals surface area contributed by atoms with Crippen LogP contribution in [0.15, 0.2) is 52.2 Å². The Morgan fingerprint density at radius 1 is 1.04 bits per heavy atom. The van der Waals surface area contributed by atoms with Crippen molar-refractivity contribution in [1.82, 2.24) is 19.9 Å². The second kappa shape index (κ2) is 6.44. The lowest BCUT2D eigenvalue weighted by Crippen LogP contribution is -2.46. The van der Waals surface area contributed by atoms with Crippen LogP contribution in [-0.4, -0.2) is 37.8 Å². The first-order valence-electron chi connectivity index (χ1n) is 9.60. The van der Waals surface area contributed by atoms with Crippen LogP contribution in [0.2, 0.25) is 0 Å². The molecule has 1 aromatic carbocycles. The van der Waals surface area contributed by atoms with Gasteiger partial charge in [0.1, 0.15) is 5.65 Å². The summed E-state index contributed by atoms with van der Waals surface area (Å²) in [4.78, 5) is 47.4. The van der Waals surface area contributed by atoms with Gasteiger partial charge in [0.25, 0.3) is 11.5 Å². The molecule has 2 aromatic heterocycles. The smallest absolute Gasteiger partial charge is 0.327 e. The molecule has 3 atom stereocenters. The molecule has 0 saturated carbocycles. The van der Waals surface area contributed by atoms with E-state index in [9.17, 15) is 14.4 Å². The number of nitrogens with zero attached hydrogens (tertiary/aromatic N) is 2. The fraction of sp³-hybridized carbons (Fsp3) is 0.333. The zero-order chi connectivity index (χ0) is 19.3. The predicted molar refractivity (Wildman–Crippen MR) is 104 cm³/mol. The van der Waals surface area contributed by atoms with E-state index in [1.807, 2.05) is 11.0 Å². The average Bonchev–Trinajstić information content (AvgIpc) is 2.97. The zero-order valence-corrected chi connectivity index (χ0v) is 15.2. The van der Waals surface area contributed by atoms with E-state index < -0.39 is 11.2 Å². The van der Waals surface area contributed by atoms with Crippen LogP contribution in [0, 0.1) is 0 Å². The number of piperidine rings is 1. The number of aromatic amines is 2. The van der Waals surface area contributed by atoms with E-state index >= 15 is 0 Å². The number of hydrogen-bond donors (Lipinski definition) is 2. The summed E-state index contributed by atoms with van der Waals surface area (Å²) in [7, 11) is 0. The molecule has 7 nitrogen and oxygen atoms in total. The number of pyridine rings is 1. The maximum absolute atomic E-state index is 13.2. The van der Waals surface area contributed by atoms with Gasteiger partial charge in [0, 0.05) is 18.3 Å². The van der Waals surface area contributed by atoms with Crippen LogP contribution in [0.3, 0.4) is 0 Å². The van der Waals surface area contributed by atoms with Crippen molar-refractivity contribution in [2.45, 2.75) is 43.7 Å². The second-order valence-electron chi connectivity index (χ2n) is 7.70. The monoisotopic (exact) mass is 376 g/mol. The van der Waals surface area contributed by atoms with Crippen molar-refractivity contribution < 1.29 is 4.79 Å². The fourth-order valence-corrected chi connectivity index (χ4v) is 4.82. The summed E-state index contributed by atoms with van der Waals surface area (Å²) in [6.45, 7) is 0. The van der Waals surface area contributed by atoms with Crippen molar-refractivity contribution in [3.05, 3.63) is 74.6 Å². The molecule has 2 aliphatic heterocycles. The molecule has 2 aliphatic rings. The van der Waals surface area contributed by atoms with E-state index in [4.69, 9.17) is 0 Å². The Morgan fingerprint density at radius 2 is 1.75 bits per heavy atom. The summed E-state index contributed by atoms with van der Waals surface area (Å²) in [5.74, 6) is 0.393. The molecular weight excluding hydrogens is 356 g/mol. The molecule has 5 rings (SSSR count).